The van der Waals surface area contributed by atoms with Gasteiger partial charge >= 0.3 is 0 Å². The van der Waals surface area contributed by atoms with E-state index in [1.165, 1.54) is 22.2 Å². The van der Waals surface area contributed by atoms with Gasteiger partial charge in [0.05, 0.1) is 16.8 Å². The molecule has 0 spiro atoms. The van der Waals surface area contributed by atoms with Gasteiger partial charge in [0, 0.05) is 14.9 Å². The first-order valence-electron chi connectivity index (χ1n) is 10.6. The Morgan fingerprint density at radius 1 is 1.16 bits per heavy atom. The zero-order chi connectivity index (χ0) is 22.2. The van der Waals surface area contributed by atoms with E-state index in [1.807, 2.05) is 55.5 Å². The van der Waals surface area contributed by atoms with Crippen LogP contribution in [0.1, 0.15) is 39.2 Å². The molecule has 32 heavy (non-hydrogen) atoms. The number of ketones is 1. The molecule has 2 heterocycles. The summed E-state index contributed by atoms with van der Waals surface area (Å²) in [6.07, 6.45) is 4.23. The lowest BCUT2D eigenvalue weighted by atomic mass is 9.97. The number of Topliss-reactive ketones (excluding diaryl/α,β-unsaturated/α-hetero) is 1. The van der Waals surface area contributed by atoms with Crippen LogP contribution in [0, 0.1) is 6.92 Å². The molecule has 7 heteroatoms. The average molecular weight is 525 g/mol. The van der Waals surface area contributed by atoms with Crippen LogP contribution in [0.5, 0.6) is 0 Å². The van der Waals surface area contributed by atoms with E-state index >= 15 is 0 Å². The molecule has 0 aliphatic heterocycles. The molecule has 0 amide bonds. The van der Waals surface area contributed by atoms with E-state index in [4.69, 9.17) is 4.98 Å². The standard InChI is InChI=1S/C25H21BrN2O2S2/c1-15-5-4-6-18(13-15)28-24(30)22-19-7-2-3-8-21(19)32-23(22)27-25(28)31-14-20(29)16-9-11-17(26)12-10-16/h4-6,9-13H,2-3,7-8,14H2,1H3. The van der Waals surface area contributed by atoms with Gasteiger partial charge in [-0.2, -0.15) is 0 Å². The van der Waals surface area contributed by atoms with Gasteiger partial charge in [-0.3, -0.25) is 14.2 Å². The summed E-state index contributed by atoms with van der Waals surface area (Å²) in [5.41, 5.74) is 3.66. The van der Waals surface area contributed by atoms with Crippen molar-refractivity contribution in [1.29, 1.82) is 0 Å². The number of aromatic nitrogens is 2. The molecule has 0 radical (unpaired) electrons. The molecule has 1 aliphatic rings. The number of carbonyl (C=O) groups is 1. The highest BCUT2D eigenvalue weighted by Gasteiger charge is 2.23. The summed E-state index contributed by atoms with van der Waals surface area (Å²) in [5.74, 6) is 0.231. The van der Waals surface area contributed by atoms with Crippen LogP contribution in [-0.2, 0) is 12.8 Å². The van der Waals surface area contributed by atoms with Gasteiger partial charge in [0.2, 0.25) is 0 Å². The Morgan fingerprint density at radius 2 is 1.94 bits per heavy atom. The van der Waals surface area contributed by atoms with Crippen molar-refractivity contribution in [2.75, 3.05) is 5.75 Å². The molecule has 0 atom stereocenters. The molecule has 0 bridgehead atoms. The summed E-state index contributed by atoms with van der Waals surface area (Å²) in [6, 6.07) is 15.2. The molecule has 5 rings (SSSR count). The van der Waals surface area contributed by atoms with E-state index in [9.17, 15) is 9.59 Å². The minimum absolute atomic E-state index is 0.0121. The van der Waals surface area contributed by atoms with Crippen LogP contribution in [0.25, 0.3) is 15.9 Å². The molecule has 0 saturated carbocycles. The van der Waals surface area contributed by atoms with Crippen molar-refractivity contribution in [2.24, 2.45) is 0 Å². The zero-order valence-electron chi connectivity index (χ0n) is 17.6. The summed E-state index contributed by atoms with van der Waals surface area (Å²) in [6.45, 7) is 2.01. The second-order valence-corrected chi connectivity index (χ2v) is 10.9. The summed E-state index contributed by atoms with van der Waals surface area (Å²) < 4.78 is 2.62. The summed E-state index contributed by atoms with van der Waals surface area (Å²) >= 11 is 6.37. The lowest BCUT2D eigenvalue weighted by molar-refractivity contribution is 0.102. The maximum absolute atomic E-state index is 13.8. The quantitative estimate of drug-likeness (QED) is 0.173. The SMILES string of the molecule is Cc1cccc(-n2c(SCC(=O)c3ccc(Br)cc3)nc3sc4c(c3c2=O)CCCC4)c1. The summed E-state index contributed by atoms with van der Waals surface area (Å²) in [5, 5.41) is 1.33. The number of halogens is 1. The molecule has 4 nitrogen and oxygen atoms in total. The highest BCUT2D eigenvalue weighted by Crippen LogP contribution is 2.35. The predicted molar refractivity (Wildman–Crippen MR) is 136 cm³/mol. The molecule has 4 aromatic rings. The Bertz CT molecular complexity index is 1390. The lowest BCUT2D eigenvalue weighted by Crippen LogP contribution is -2.22. The van der Waals surface area contributed by atoms with Crippen molar-refractivity contribution in [3.63, 3.8) is 0 Å². The van der Waals surface area contributed by atoms with Crippen LogP contribution in [0.4, 0.5) is 0 Å². The molecule has 0 N–H and O–H groups in total. The fourth-order valence-electron chi connectivity index (χ4n) is 4.13. The minimum atomic E-state index is -0.0291. The molecule has 162 valence electrons. The van der Waals surface area contributed by atoms with E-state index in [2.05, 4.69) is 15.9 Å². The molecular weight excluding hydrogens is 504 g/mol. The third kappa shape index (κ3) is 4.09. The number of fused-ring (bicyclic) bond motifs is 3. The van der Waals surface area contributed by atoms with Crippen molar-refractivity contribution in [3.05, 3.63) is 84.9 Å². The van der Waals surface area contributed by atoms with Crippen LogP contribution in [0.3, 0.4) is 0 Å². The van der Waals surface area contributed by atoms with Crippen molar-refractivity contribution in [3.8, 4) is 5.69 Å². The molecule has 0 unspecified atom stereocenters. The minimum Gasteiger partial charge on any atom is -0.293 e. The van der Waals surface area contributed by atoms with Gasteiger partial charge in [-0.15, -0.1) is 11.3 Å². The van der Waals surface area contributed by atoms with Gasteiger partial charge in [-0.25, -0.2) is 4.98 Å². The number of thiophene rings is 1. The first kappa shape index (κ1) is 21.6. The van der Waals surface area contributed by atoms with Crippen LogP contribution < -0.4 is 5.56 Å². The topological polar surface area (TPSA) is 52.0 Å². The summed E-state index contributed by atoms with van der Waals surface area (Å²) in [4.78, 5) is 33.6. The normalized spacial score (nSPS) is 13.3. The Kier molecular flexibility index (Phi) is 6.05. The second kappa shape index (κ2) is 8.96. The van der Waals surface area contributed by atoms with Crippen molar-refractivity contribution < 1.29 is 4.79 Å². The number of benzene rings is 2. The molecule has 2 aromatic heterocycles. The monoisotopic (exact) mass is 524 g/mol. The van der Waals surface area contributed by atoms with Crippen molar-refractivity contribution >= 4 is 55.0 Å². The van der Waals surface area contributed by atoms with Gasteiger partial charge in [0.15, 0.2) is 10.9 Å². The third-order valence-electron chi connectivity index (χ3n) is 5.72. The average Bonchev–Trinajstić information content (AvgIpc) is 3.16. The molecule has 0 saturated heterocycles. The van der Waals surface area contributed by atoms with Crippen LogP contribution in [-0.4, -0.2) is 21.1 Å². The fraction of sp³-hybridized carbons (Fsp3) is 0.240. The van der Waals surface area contributed by atoms with Crippen LogP contribution in [0.15, 0.2) is 63.0 Å². The number of thioether (sulfide) groups is 1. The Labute approximate surface area is 202 Å². The third-order valence-corrected chi connectivity index (χ3v) is 8.37. The van der Waals surface area contributed by atoms with Crippen LogP contribution in [0.2, 0.25) is 0 Å². The molecule has 1 aliphatic carbocycles. The summed E-state index contributed by atoms with van der Waals surface area (Å²) in [7, 11) is 0. The van der Waals surface area contributed by atoms with E-state index in [0.29, 0.717) is 10.7 Å². The number of rotatable bonds is 5. The number of hydrogen-bond acceptors (Lipinski definition) is 5. The lowest BCUT2D eigenvalue weighted by Gasteiger charge is -2.14. The Morgan fingerprint density at radius 3 is 2.72 bits per heavy atom. The Balaban J connectivity index is 1.60. The molecule has 0 fully saturated rings. The first-order valence-corrected chi connectivity index (χ1v) is 13.2. The fourth-order valence-corrected chi connectivity index (χ4v) is 6.60. The van der Waals surface area contributed by atoms with Crippen LogP contribution >= 0.6 is 39.0 Å². The van der Waals surface area contributed by atoms with Gasteiger partial charge in [0.1, 0.15) is 4.83 Å². The number of carbonyl (C=O) groups excluding carboxylic acids is 1. The largest absolute Gasteiger partial charge is 0.293 e. The molecular formula is C25H21BrN2O2S2. The maximum Gasteiger partial charge on any atom is 0.267 e. The van der Waals surface area contributed by atoms with Gasteiger partial charge < -0.3 is 0 Å². The van der Waals surface area contributed by atoms with Gasteiger partial charge in [-0.1, -0.05) is 52.0 Å². The van der Waals surface area contributed by atoms with Crippen molar-refractivity contribution in [1.82, 2.24) is 9.55 Å². The van der Waals surface area contributed by atoms with Crippen molar-refractivity contribution in [2.45, 2.75) is 37.8 Å². The smallest absolute Gasteiger partial charge is 0.267 e. The van der Waals surface area contributed by atoms with E-state index in [1.54, 1.807) is 15.9 Å². The number of nitrogens with zero attached hydrogens (tertiary/aromatic N) is 2. The molecule has 2 aromatic carbocycles. The number of hydrogen-bond donors (Lipinski definition) is 0. The van der Waals surface area contributed by atoms with E-state index in [-0.39, 0.29) is 17.1 Å². The van der Waals surface area contributed by atoms with E-state index < -0.39 is 0 Å². The first-order chi connectivity index (χ1) is 15.5. The second-order valence-electron chi connectivity index (χ2n) is 7.98. The highest BCUT2D eigenvalue weighted by molar-refractivity contribution is 9.10. The predicted octanol–water partition coefficient (Wildman–Crippen LogP) is 6.37. The van der Waals surface area contributed by atoms with E-state index in [0.717, 1.165) is 51.6 Å². The number of aryl methyl sites for hydroxylation is 3. The maximum atomic E-state index is 13.8. The zero-order valence-corrected chi connectivity index (χ0v) is 20.8. The Hall–Kier alpha value is -2.22. The van der Waals surface area contributed by atoms with Gasteiger partial charge in [-0.05, 0) is 68.0 Å². The van der Waals surface area contributed by atoms with Gasteiger partial charge in [0.25, 0.3) is 5.56 Å². The highest BCUT2D eigenvalue weighted by atomic mass is 79.9.